The molecule has 132 valence electrons. The number of ether oxygens (including phenoxy) is 3. The molecule has 0 amide bonds. The Kier molecular flexibility index (Phi) is 6.05. The van der Waals surface area contributed by atoms with Gasteiger partial charge in [0.1, 0.15) is 0 Å². The lowest BCUT2D eigenvalue weighted by molar-refractivity contribution is -0.146. The van der Waals surface area contributed by atoms with Crippen LogP contribution < -0.4 is 0 Å². The fourth-order valence-electron chi connectivity index (χ4n) is 2.41. The van der Waals surface area contributed by atoms with E-state index in [1.165, 1.54) is 12.1 Å². The maximum atomic E-state index is 12.7. The molecular weight excluding hydrogens is 328 g/mol. The van der Waals surface area contributed by atoms with E-state index in [1.54, 1.807) is 26.0 Å². The standard InChI is InChI=1S/C18H18O7/c1-3-23-14(19)9-13-16(21)11-7-5-6-8-12(11)17(22)18(13)25-10-15(20)24-4-2/h5-8H,3-4,9-10H2,1-2H3. The molecule has 0 unspecified atom stereocenters. The Labute approximate surface area is 144 Å². The number of carbonyl (C=O) groups is 4. The maximum absolute atomic E-state index is 12.7. The highest BCUT2D eigenvalue weighted by Crippen LogP contribution is 2.29. The van der Waals surface area contributed by atoms with E-state index < -0.39 is 36.5 Å². The van der Waals surface area contributed by atoms with Crippen LogP contribution in [0.2, 0.25) is 0 Å². The molecule has 1 aromatic carbocycles. The van der Waals surface area contributed by atoms with Crippen LogP contribution in [-0.4, -0.2) is 43.3 Å². The van der Waals surface area contributed by atoms with Crippen molar-refractivity contribution in [3.05, 3.63) is 46.7 Å². The predicted molar refractivity (Wildman–Crippen MR) is 86.0 cm³/mol. The molecule has 7 nitrogen and oxygen atoms in total. The van der Waals surface area contributed by atoms with Crippen LogP contribution in [0.1, 0.15) is 41.0 Å². The van der Waals surface area contributed by atoms with Crippen LogP contribution in [0.25, 0.3) is 0 Å². The molecule has 0 heterocycles. The number of Topliss-reactive ketones (excluding diaryl/α,β-unsaturated/α-hetero) is 2. The summed E-state index contributed by atoms with van der Waals surface area (Å²) in [6.07, 6.45) is -0.412. The van der Waals surface area contributed by atoms with Crippen LogP contribution >= 0.6 is 0 Å². The highest BCUT2D eigenvalue weighted by molar-refractivity contribution is 6.27. The molecule has 25 heavy (non-hydrogen) atoms. The molecule has 1 aromatic rings. The monoisotopic (exact) mass is 346 g/mol. The number of fused-ring (bicyclic) bond motifs is 1. The third-order valence-electron chi connectivity index (χ3n) is 3.44. The molecule has 0 fully saturated rings. The lowest BCUT2D eigenvalue weighted by Crippen LogP contribution is -2.27. The highest BCUT2D eigenvalue weighted by atomic mass is 16.6. The summed E-state index contributed by atoms with van der Waals surface area (Å²) >= 11 is 0. The van der Waals surface area contributed by atoms with Gasteiger partial charge >= 0.3 is 11.9 Å². The number of ketones is 2. The molecule has 0 aliphatic heterocycles. The number of rotatable bonds is 7. The van der Waals surface area contributed by atoms with Crippen LogP contribution in [0.3, 0.4) is 0 Å². The van der Waals surface area contributed by atoms with Crippen LogP contribution in [0.15, 0.2) is 35.6 Å². The van der Waals surface area contributed by atoms with Gasteiger partial charge in [0, 0.05) is 11.1 Å². The average Bonchev–Trinajstić information content (AvgIpc) is 2.59. The molecule has 1 aliphatic rings. The van der Waals surface area contributed by atoms with E-state index in [2.05, 4.69) is 0 Å². The molecule has 0 N–H and O–H groups in total. The maximum Gasteiger partial charge on any atom is 0.344 e. The minimum absolute atomic E-state index is 0.119. The Bertz CT molecular complexity index is 746. The SMILES string of the molecule is CCOC(=O)COC1=C(CC(=O)OCC)C(=O)c2ccccc2C1=O. The minimum atomic E-state index is -0.676. The zero-order valence-corrected chi connectivity index (χ0v) is 14.0. The number of benzene rings is 1. The van der Waals surface area contributed by atoms with Crippen molar-refractivity contribution in [2.45, 2.75) is 20.3 Å². The zero-order valence-electron chi connectivity index (χ0n) is 14.0. The second-order valence-electron chi connectivity index (χ2n) is 5.09. The summed E-state index contributed by atoms with van der Waals surface area (Å²) in [5.74, 6) is -2.70. The van der Waals surface area contributed by atoms with Crippen molar-refractivity contribution in [2.75, 3.05) is 19.8 Å². The van der Waals surface area contributed by atoms with Gasteiger partial charge in [0.2, 0.25) is 5.78 Å². The summed E-state index contributed by atoms with van der Waals surface area (Å²) in [6.45, 7) is 3.04. The van der Waals surface area contributed by atoms with Crippen molar-refractivity contribution in [1.29, 1.82) is 0 Å². The fraction of sp³-hybridized carbons (Fsp3) is 0.333. The summed E-state index contributed by atoms with van der Waals surface area (Å²) in [4.78, 5) is 48.6. The van der Waals surface area contributed by atoms with Crippen LogP contribution in [-0.2, 0) is 23.8 Å². The molecule has 0 bridgehead atoms. The van der Waals surface area contributed by atoms with Gasteiger partial charge in [0.05, 0.1) is 25.2 Å². The molecule has 0 saturated carbocycles. The van der Waals surface area contributed by atoms with Crippen LogP contribution in [0.4, 0.5) is 0 Å². The molecule has 2 rings (SSSR count). The van der Waals surface area contributed by atoms with Gasteiger partial charge < -0.3 is 14.2 Å². The normalized spacial score (nSPS) is 13.4. The van der Waals surface area contributed by atoms with Gasteiger partial charge in [0.25, 0.3) is 0 Å². The third-order valence-corrected chi connectivity index (χ3v) is 3.44. The molecule has 0 radical (unpaired) electrons. The summed E-state index contributed by atoms with van der Waals surface area (Å²) in [5.41, 5.74) is 0.237. The lowest BCUT2D eigenvalue weighted by Gasteiger charge is -2.20. The van der Waals surface area contributed by atoms with E-state index in [-0.39, 0.29) is 35.7 Å². The van der Waals surface area contributed by atoms with E-state index in [0.29, 0.717) is 0 Å². The highest BCUT2D eigenvalue weighted by Gasteiger charge is 2.35. The Hall–Kier alpha value is -2.96. The predicted octanol–water partition coefficient (Wildman–Crippen LogP) is 1.85. The van der Waals surface area contributed by atoms with Gasteiger partial charge in [-0.25, -0.2) is 4.79 Å². The Morgan fingerprint density at radius 1 is 0.880 bits per heavy atom. The van der Waals surface area contributed by atoms with Crippen molar-refractivity contribution in [3.8, 4) is 0 Å². The zero-order chi connectivity index (χ0) is 18.4. The van der Waals surface area contributed by atoms with Gasteiger partial charge in [-0.05, 0) is 13.8 Å². The van der Waals surface area contributed by atoms with Gasteiger partial charge in [0.15, 0.2) is 18.1 Å². The van der Waals surface area contributed by atoms with E-state index in [1.807, 2.05) is 0 Å². The first kappa shape index (κ1) is 18.4. The Balaban J connectivity index is 2.37. The first-order valence-electron chi connectivity index (χ1n) is 7.85. The molecule has 0 aromatic heterocycles. The van der Waals surface area contributed by atoms with E-state index in [9.17, 15) is 19.2 Å². The quantitative estimate of drug-likeness (QED) is 0.695. The summed E-state index contributed by atoms with van der Waals surface area (Å²) in [5, 5.41) is 0. The molecule has 0 spiro atoms. The van der Waals surface area contributed by atoms with Gasteiger partial charge in [-0.3, -0.25) is 14.4 Å². The van der Waals surface area contributed by atoms with E-state index in [4.69, 9.17) is 14.2 Å². The van der Waals surface area contributed by atoms with Crippen LogP contribution in [0.5, 0.6) is 0 Å². The number of allylic oxidation sites excluding steroid dienone is 1. The number of carbonyl (C=O) groups excluding carboxylic acids is 4. The smallest absolute Gasteiger partial charge is 0.344 e. The van der Waals surface area contributed by atoms with Gasteiger partial charge in [-0.15, -0.1) is 0 Å². The summed E-state index contributed by atoms with van der Waals surface area (Å²) < 4.78 is 14.8. The third kappa shape index (κ3) is 4.12. The fourth-order valence-corrected chi connectivity index (χ4v) is 2.41. The second kappa shape index (κ2) is 8.23. The topological polar surface area (TPSA) is 96.0 Å². The van der Waals surface area contributed by atoms with Crippen molar-refractivity contribution in [3.63, 3.8) is 0 Å². The van der Waals surface area contributed by atoms with Gasteiger partial charge in [-0.2, -0.15) is 0 Å². The van der Waals surface area contributed by atoms with E-state index in [0.717, 1.165) is 0 Å². The second-order valence-corrected chi connectivity index (χ2v) is 5.09. The van der Waals surface area contributed by atoms with Crippen molar-refractivity contribution in [2.24, 2.45) is 0 Å². The summed E-state index contributed by atoms with van der Waals surface area (Å²) in [6, 6.07) is 6.23. The van der Waals surface area contributed by atoms with Crippen molar-refractivity contribution < 1.29 is 33.4 Å². The van der Waals surface area contributed by atoms with Gasteiger partial charge in [-0.1, -0.05) is 24.3 Å². The molecular formula is C18H18O7. The molecule has 7 heteroatoms. The van der Waals surface area contributed by atoms with E-state index >= 15 is 0 Å². The first-order chi connectivity index (χ1) is 12.0. The largest absolute Gasteiger partial charge is 0.477 e. The molecule has 0 atom stereocenters. The van der Waals surface area contributed by atoms with Crippen LogP contribution in [0, 0.1) is 0 Å². The van der Waals surface area contributed by atoms with Crippen molar-refractivity contribution in [1.82, 2.24) is 0 Å². The molecule has 1 aliphatic carbocycles. The number of esters is 2. The lowest BCUT2D eigenvalue weighted by atomic mass is 9.87. The minimum Gasteiger partial charge on any atom is -0.477 e. The number of hydrogen-bond donors (Lipinski definition) is 0. The Morgan fingerprint density at radius 2 is 1.44 bits per heavy atom. The Morgan fingerprint density at radius 3 is 2.04 bits per heavy atom. The summed E-state index contributed by atoms with van der Waals surface area (Å²) in [7, 11) is 0. The number of hydrogen-bond acceptors (Lipinski definition) is 7. The first-order valence-corrected chi connectivity index (χ1v) is 7.85. The molecule has 0 saturated heterocycles. The van der Waals surface area contributed by atoms with Crippen molar-refractivity contribution >= 4 is 23.5 Å². The average molecular weight is 346 g/mol.